The molecule has 0 saturated heterocycles. The number of rotatable bonds is 5. The van der Waals surface area contributed by atoms with Crippen LogP contribution in [0.1, 0.15) is 12.0 Å². The van der Waals surface area contributed by atoms with Crippen LogP contribution >= 0.6 is 11.6 Å². The SMILES string of the molecule is CS(=O)Cc1c(F)c(Cl)c(-c2cn3cc(NC(=O)[C@@H]4C[C@@H]4F)nc3cn2)c2cn[nH]c12. The zero-order chi connectivity index (χ0) is 21.9. The van der Waals surface area contributed by atoms with E-state index in [0.29, 0.717) is 27.8 Å². The summed E-state index contributed by atoms with van der Waals surface area (Å²) < 4.78 is 41.4. The number of halogens is 3. The number of alkyl halides is 1. The van der Waals surface area contributed by atoms with Gasteiger partial charge in [-0.25, -0.2) is 13.8 Å². The lowest BCUT2D eigenvalue weighted by Gasteiger charge is -2.11. The Hall–Kier alpha value is -2.92. The normalized spacial score (nSPS) is 19.1. The molecule has 0 spiro atoms. The molecule has 1 aliphatic carbocycles. The fourth-order valence-electron chi connectivity index (χ4n) is 3.51. The summed E-state index contributed by atoms with van der Waals surface area (Å²) in [5, 5.41) is 9.71. The van der Waals surface area contributed by atoms with Gasteiger partial charge in [-0.15, -0.1) is 0 Å². The lowest BCUT2D eigenvalue weighted by atomic mass is 10.0. The van der Waals surface area contributed by atoms with Crippen LogP contribution in [0, 0.1) is 11.7 Å². The molecule has 3 atom stereocenters. The van der Waals surface area contributed by atoms with Crippen molar-refractivity contribution in [3.8, 4) is 11.3 Å². The van der Waals surface area contributed by atoms with Crippen molar-refractivity contribution < 1.29 is 17.8 Å². The maximum Gasteiger partial charge on any atom is 0.231 e. The summed E-state index contributed by atoms with van der Waals surface area (Å²) in [7, 11) is -1.28. The van der Waals surface area contributed by atoms with Gasteiger partial charge in [0.15, 0.2) is 11.5 Å². The van der Waals surface area contributed by atoms with Gasteiger partial charge >= 0.3 is 0 Å². The number of carbonyl (C=O) groups is 1. The average molecular weight is 465 g/mol. The van der Waals surface area contributed by atoms with Gasteiger partial charge in [-0.05, 0) is 6.42 Å². The summed E-state index contributed by atoms with van der Waals surface area (Å²) in [5.74, 6) is -1.49. The molecule has 31 heavy (non-hydrogen) atoms. The molecular weight excluding hydrogens is 450 g/mol. The molecule has 8 nitrogen and oxygen atoms in total. The van der Waals surface area contributed by atoms with Crippen LogP contribution in [0.4, 0.5) is 14.6 Å². The quantitative estimate of drug-likeness (QED) is 0.471. The third-order valence-electron chi connectivity index (χ3n) is 5.13. The highest BCUT2D eigenvalue weighted by atomic mass is 35.5. The Morgan fingerprint density at radius 1 is 1.42 bits per heavy atom. The summed E-state index contributed by atoms with van der Waals surface area (Å²) in [6.07, 6.45) is 6.70. The van der Waals surface area contributed by atoms with E-state index in [0.717, 1.165) is 0 Å². The Morgan fingerprint density at radius 3 is 2.90 bits per heavy atom. The number of fused-ring (bicyclic) bond motifs is 2. The molecule has 0 aliphatic heterocycles. The van der Waals surface area contributed by atoms with Crippen molar-refractivity contribution in [3.63, 3.8) is 0 Å². The second-order valence-corrected chi connectivity index (χ2v) is 9.18. The number of benzene rings is 1. The van der Waals surface area contributed by atoms with Gasteiger partial charge in [0.2, 0.25) is 5.91 Å². The Balaban J connectivity index is 1.57. The van der Waals surface area contributed by atoms with Crippen LogP contribution in [-0.2, 0) is 21.3 Å². The second kappa shape index (κ2) is 7.34. The number of carbonyl (C=O) groups excluding carboxylic acids is 1. The summed E-state index contributed by atoms with van der Waals surface area (Å²) in [4.78, 5) is 20.5. The van der Waals surface area contributed by atoms with Crippen molar-refractivity contribution in [2.24, 2.45) is 5.92 Å². The predicted octanol–water partition coefficient (Wildman–Crippen LogP) is 3.24. The van der Waals surface area contributed by atoms with Gasteiger partial charge < -0.3 is 9.72 Å². The van der Waals surface area contributed by atoms with E-state index in [1.165, 1.54) is 18.6 Å². The minimum absolute atomic E-state index is 0.0116. The van der Waals surface area contributed by atoms with Gasteiger partial charge in [0.25, 0.3) is 0 Å². The molecule has 4 aromatic rings. The fraction of sp³-hybridized carbons (Fsp3) is 0.263. The third-order valence-corrected chi connectivity index (χ3v) is 6.18. The molecule has 1 aliphatic rings. The van der Waals surface area contributed by atoms with Crippen LogP contribution in [0.3, 0.4) is 0 Å². The Morgan fingerprint density at radius 2 is 2.19 bits per heavy atom. The van der Waals surface area contributed by atoms with Crippen molar-refractivity contribution in [1.29, 1.82) is 0 Å². The molecule has 160 valence electrons. The molecule has 3 aromatic heterocycles. The molecule has 1 amide bonds. The summed E-state index contributed by atoms with van der Waals surface area (Å²) in [5.41, 5.74) is 1.71. The highest BCUT2D eigenvalue weighted by molar-refractivity contribution is 7.83. The zero-order valence-electron chi connectivity index (χ0n) is 16.0. The molecule has 2 N–H and O–H groups in total. The molecular formula is C19H15ClF2N6O2S. The number of amides is 1. The number of nitrogens with one attached hydrogen (secondary N) is 2. The largest absolute Gasteiger partial charge is 0.309 e. The molecule has 1 unspecified atom stereocenters. The van der Waals surface area contributed by atoms with Crippen molar-refractivity contribution in [2.45, 2.75) is 18.3 Å². The average Bonchev–Trinajstić information content (AvgIpc) is 3.11. The summed E-state index contributed by atoms with van der Waals surface area (Å²) in [6.45, 7) is 0. The summed E-state index contributed by atoms with van der Waals surface area (Å²) >= 11 is 6.36. The Labute approximate surface area is 181 Å². The van der Waals surface area contributed by atoms with Gasteiger partial charge in [0.1, 0.15) is 12.0 Å². The predicted molar refractivity (Wildman–Crippen MR) is 112 cm³/mol. The highest BCUT2D eigenvalue weighted by Crippen LogP contribution is 2.39. The zero-order valence-corrected chi connectivity index (χ0v) is 17.6. The van der Waals surface area contributed by atoms with Crippen LogP contribution in [0.2, 0.25) is 5.02 Å². The molecule has 5 rings (SSSR count). The van der Waals surface area contributed by atoms with E-state index < -0.39 is 34.6 Å². The molecule has 1 fully saturated rings. The van der Waals surface area contributed by atoms with Crippen LogP contribution in [0.25, 0.3) is 27.8 Å². The molecule has 12 heteroatoms. The maximum atomic E-state index is 15.1. The number of aromatic amines is 1. The van der Waals surface area contributed by atoms with Gasteiger partial charge in [-0.1, -0.05) is 11.6 Å². The van der Waals surface area contributed by atoms with Crippen LogP contribution in [0.15, 0.2) is 24.8 Å². The topological polar surface area (TPSA) is 105 Å². The Bertz CT molecular complexity index is 1390. The second-order valence-electron chi connectivity index (χ2n) is 7.37. The van der Waals surface area contributed by atoms with E-state index in [1.54, 1.807) is 16.8 Å². The standard InChI is InChI=1S/C19H15ClF2N6O2S/c1-31(30)7-10-17(22)16(20)15(9-3-24-27-18(9)10)12-5-28-6-13(25-14(28)4-23-12)26-19(29)8-2-11(8)21/h3-6,8,11H,2,7H2,1H3,(H,24,27)(H,26,29)/t8-,11+,31?/m1/s1. The van der Waals surface area contributed by atoms with Crippen molar-refractivity contribution in [3.05, 3.63) is 41.2 Å². The number of hydrogen-bond donors (Lipinski definition) is 2. The van der Waals surface area contributed by atoms with Crippen LogP contribution in [0.5, 0.6) is 0 Å². The van der Waals surface area contributed by atoms with Gasteiger partial charge in [-0.2, -0.15) is 5.10 Å². The van der Waals surface area contributed by atoms with Crippen LogP contribution < -0.4 is 5.32 Å². The minimum atomic E-state index is -1.28. The molecule has 0 bridgehead atoms. The maximum absolute atomic E-state index is 15.1. The monoisotopic (exact) mass is 464 g/mol. The molecule has 3 heterocycles. The minimum Gasteiger partial charge on any atom is -0.309 e. The van der Waals surface area contributed by atoms with Gasteiger partial charge in [-0.3, -0.25) is 19.1 Å². The van der Waals surface area contributed by atoms with E-state index in [-0.39, 0.29) is 28.6 Å². The first-order valence-electron chi connectivity index (χ1n) is 9.26. The number of imidazole rings is 1. The van der Waals surface area contributed by atoms with Crippen LogP contribution in [-0.4, -0.2) is 47.1 Å². The first kappa shape index (κ1) is 20.0. The first-order valence-corrected chi connectivity index (χ1v) is 11.4. The highest BCUT2D eigenvalue weighted by Gasteiger charge is 2.43. The van der Waals surface area contributed by atoms with E-state index in [9.17, 15) is 13.4 Å². The molecule has 0 radical (unpaired) electrons. The third kappa shape index (κ3) is 3.47. The van der Waals surface area contributed by atoms with Crippen molar-refractivity contribution in [2.75, 3.05) is 11.6 Å². The smallest absolute Gasteiger partial charge is 0.231 e. The molecule has 1 saturated carbocycles. The number of aromatic nitrogens is 5. The Kier molecular flexibility index (Phi) is 4.74. The number of anilines is 1. The fourth-order valence-corrected chi connectivity index (χ4v) is 4.50. The number of hydrogen-bond acceptors (Lipinski definition) is 5. The van der Waals surface area contributed by atoms with Gasteiger partial charge in [0.05, 0.1) is 46.5 Å². The number of H-pyrrole nitrogens is 1. The van der Waals surface area contributed by atoms with Gasteiger partial charge in [0, 0.05) is 39.8 Å². The number of nitrogens with zero attached hydrogens (tertiary/aromatic N) is 4. The van der Waals surface area contributed by atoms with E-state index >= 15 is 4.39 Å². The lowest BCUT2D eigenvalue weighted by molar-refractivity contribution is -0.117. The van der Waals surface area contributed by atoms with E-state index in [1.807, 2.05) is 0 Å². The van der Waals surface area contributed by atoms with Crippen molar-refractivity contribution in [1.82, 2.24) is 24.6 Å². The summed E-state index contributed by atoms with van der Waals surface area (Å²) in [6, 6.07) is 0. The van der Waals surface area contributed by atoms with E-state index in [2.05, 4.69) is 25.5 Å². The van der Waals surface area contributed by atoms with E-state index in [4.69, 9.17) is 11.6 Å². The van der Waals surface area contributed by atoms with Crippen molar-refractivity contribution >= 4 is 50.7 Å². The first-order chi connectivity index (χ1) is 14.8. The lowest BCUT2D eigenvalue weighted by Crippen LogP contribution is -2.15. The molecule has 1 aromatic carbocycles.